The number of likely N-dealkylation sites (N-methyl/N-ethyl adjacent to an activating group) is 1. The third-order valence-electron chi connectivity index (χ3n) is 5.45. The lowest BCUT2D eigenvalue weighted by Crippen LogP contribution is -2.47. The lowest BCUT2D eigenvalue weighted by atomic mass is 9.99. The molecule has 2 saturated heterocycles. The highest BCUT2D eigenvalue weighted by Gasteiger charge is 2.30. The van der Waals surface area contributed by atoms with Gasteiger partial charge in [-0.2, -0.15) is 4.31 Å². The molecule has 2 fully saturated rings. The molecule has 1 amide bonds. The first-order valence-corrected chi connectivity index (χ1v) is 12.9. The third kappa shape index (κ3) is 5.34. The Hall–Kier alpha value is -1.53. The lowest BCUT2D eigenvalue weighted by molar-refractivity contribution is -0.120. The Kier molecular flexibility index (Phi) is 6.64. The molecule has 0 aliphatic carbocycles. The number of amides is 1. The normalized spacial score (nSPS) is 23.0. The van der Waals surface area contributed by atoms with Crippen molar-refractivity contribution in [2.24, 2.45) is 5.92 Å². The minimum atomic E-state index is -3.55. The van der Waals surface area contributed by atoms with E-state index in [0.29, 0.717) is 51.3 Å². The van der Waals surface area contributed by atoms with Crippen LogP contribution in [-0.2, 0) is 24.8 Å². The summed E-state index contributed by atoms with van der Waals surface area (Å²) in [6.07, 6.45) is 2.40. The molecule has 1 N–H and O–H groups in total. The first kappa shape index (κ1) is 22.2. The second kappa shape index (κ2) is 8.68. The SMILES string of the molecule is CN1CCN(S(=O)(=O)c2ccc(NC(=O)[C@@H]3CCCN(S(C)(=O)=O)C3)cc2)CC1. The molecule has 0 saturated carbocycles. The number of hydrogen-bond acceptors (Lipinski definition) is 6. The van der Waals surface area contributed by atoms with Crippen LogP contribution in [0.4, 0.5) is 5.69 Å². The average molecular weight is 445 g/mol. The Morgan fingerprint density at radius 3 is 2.17 bits per heavy atom. The van der Waals surface area contributed by atoms with Crippen LogP contribution < -0.4 is 5.32 Å². The second-order valence-corrected chi connectivity index (χ2v) is 11.6. The Morgan fingerprint density at radius 2 is 1.59 bits per heavy atom. The van der Waals surface area contributed by atoms with Crippen molar-refractivity contribution in [1.82, 2.24) is 13.5 Å². The van der Waals surface area contributed by atoms with Crippen molar-refractivity contribution in [2.45, 2.75) is 17.7 Å². The highest BCUT2D eigenvalue weighted by Crippen LogP contribution is 2.23. The van der Waals surface area contributed by atoms with Crippen LogP contribution in [0.3, 0.4) is 0 Å². The number of hydrogen-bond donors (Lipinski definition) is 1. The zero-order valence-corrected chi connectivity index (χ0v) is 18.4. The number of piperazine rings is 1. The zero-order valence-electron chi connectivity index (χ0n) is 16.7. The molecule has 1 aromatic carbocycles. The van der Waals surface area contributed by atoms with Crippen molar-refractivity contribution in [3.05, 3.63) is 24.3 Å². The maximum atomic E-state index is 12.8. The van der Waals surface area contributed by atoms with Crippen LogP contribution in [0.1, 0.15) is 12.8 Å². The van der Waals surface area contributed by atoms with E-state index in [4.69, 9.17) is 0 Å². The number of rotatable bonds is 5. The minimum Gasteiger partial charge on any atom is -0.326 e. The van der Waals surface area contributed by atoms with E-state index in [9.17, 15) is 21.6 Å². The van der Waals surface area contributed by atoms with Crippen molar-refractivity contribution in [3.63, 3.8) is 0 Å². The summed E-state index contributed by atoms with van der Waals surface area (Å²) in [4.78, 5) is 14.8. The summed E-state index contributed by atoms with van der Waals surface area (Å²) >= 11 is 0. The summed E-state index contributed by atoms with van der Waals surface area (Å²) in [5, 5.41) is 2.77. The molecule has 2 heterocycles. The molecular formula is C18H28N4O5S2. The fraction of sp³-hybridized carbons (Fsp3) is 0.611. The standard InChI is InChI=1S/C18H28N4O5S2/c1-20-10-12-21(13-11-20)29(26,27)17-7-5-16(6-8-17)19-18(23)15-4-3-9-22(14-15)28(2,24)25/h5-8,15H,3-4,9-14H2,1-2H3,(H,19,23)/t15-/m1/s1. The number of carbonyl (C=O) groups excluding carboxylic acids is 1. The fourth-order valence-electron chi connectivity index (χ4n) is 3.59. The number of anilines is 1. The van der Waals surface area contributed by atoms with E-state index in [1.54, 1.807) is 12.1 Å². The number of benzene rings is 1. The number of carbonyl (C=O) groups is 1. The van der Waals surface area contributed by atoms with Crippen molar-refractivity contribution < 1.29 is 21.6 Å². The van der Waals surface area contributed by atoms with Gasteiger partial charge in [0.05, 0.1) is 17.1 Å². The molecule has 162 valence electrons. The lowest BCUT2D eigenvalue weighted by Gasteiger charge is -2.31. The molecule has 1 aromatic rings. The van der Waals surface area contributed by atoms with Crippen molar-refractivity contribution in [2.75, 3.05) is 57.9 Å². The van der Waals surface area contributed by atoms with Gasteiger partial charge in [0.25, 0.3) is 0 Å². The van der Waals surface area contributed by atoms with Gasteiger partial charge in [-0.25, -0.2) is 21.1 Å². The molecule has 0 spiro atoms. The van der Waals surface area contributed by atoms with Gasteiger partial charge >= 0.3 is 0 Å². The summed E-state index contributed by atoms with van der Waals surface area (Å²) in [5.74, 6) is -0.680. The van der Waals surface area contributed by atoms with Crippen LogP contribution in [0, 0.1) is 5.92 Å². The fourth-order valence-corrected chi connectivity index (χ4v) is 5.92. The van der Waals surface area contributed by atoms with Crippen LogP contribution >= 0.6 is 0 Å². The smallest absolute Gasteiger partial charge is 0.243 e. The van der Waals surface area contributed by atoms with E-state index in [-0.39, 0.29) is 17.3 Å². The largest absolute Gasteiger partial charge is 0.326 e. The molecular weight excluding hydrogens is 416 g/mol. The van der Waals surface area contributed by atoms with Gasteiger partial charge in [0.15, 0.2) is 0 Å². The van der Waals surface area contributed by atoms with Gasteiger partial charge in [0.2, 0.25) is 26.0 Å². The van der Waals surface area contributed by atoms with Gasteiger partial charge in [0.1, 0.15) is 0 Å². The second-order valence-electron chi connectivity index (χ2n) is 7.68. The quantitative estimate of drug-likeness (QED) is 0.697. The number of nitrogens with zero attached hydrogens (tertiary/aromatic N) is 3. The number of sulfonamides is 2. The Morgan fingerprint density at radius 1 is 0.966 bits per heavy atom. The average Bonchev–Trinajstić information content (AvgIpc) is 2.68. The molecule has 2 aliphatic heterocycles. The molecule has 0 unspecified atom stereocenters. The predicted molar refractivity (Wildman–Crippen MR) is 110 cm³/mol. The minimum absolute atomic E-state index is 0.167. The third-order valence-corrected chi connectivity index (χ3v) is 8.63. The topological polar surface area (TPSA) is 107 Å². The van der Waals surface area contributed by atoms with Crippen LogP contribution in [0.2, 0.25) is 0 Å². The molecule has 11 heteroatoms. The van der Waals surface area contributed by atoms with Gasteiger partial charge in [-0.05, 0) is 44.2 Å². The molecule has 2 aliphatic rings. The molecule has 9 nitrogen and oxygen atoms in total. The highest BCUT2D eigenvalue weighted by atomic mass is 32.2. The van der Waals surface area contributed by atoms with E-state index in [0.717, 1.165) is 6.26 Å². The first-order chi connectivity index (χ1) is 13.6. The molecule has 0 bridgehead atoms. The van der Waals surface area contributed by atoms with Gasteiger partial charge in [-0.3, -0.25) is 4.79 Å². The molecule has 3 rings (SSSR count). The summed E-state index contributed by atoms with van der Waals surface area (Å²) < 4.78 is 51.8. The van der Waals surface area contributed by atoms with Crippen LogP contribution in [-0.4, -0.2) is 88.8 Å². The zero-order chi connectivity index (χ0) is 21.2. The molecule has 0 radical (unpaired) electrons. The van der Waals surface area contributed by atoms with Crippen LogP contribution in [0.5, 0.6) is 0 Å². The first-order valence-electron chi connectivity index (χ1n) is 9.62. The number of nitrogens with one attached hydrogen (secondary N) is 1. The highest BCUT2D eigenvalue weighted by molar-refractivity contribution is 7.89. The van der Waals surface area contributed by atoms with Gasteiger partial charge in [-0.15, -0.1) is 0 Å². The van der Waals surface area contributed by atoms with Gasteiger partial charge in [-0.1, -0.05) is 0 Å². The Balaban J connectivity index is 1.64. The van der Waals surface area contributed by atoms with Crippen molar-refractivity contribution in [1.29, 1.82) is 0 Å². The maximum Gasteiger partial charge on any atom is 0.243 e. The molecule has 1 atom stereocenters. The predicted octanol–water partition coefficient (Wildman–Crippen LogP) is 0.233. The summed E-state index contributed by atoms with van der Waals surface area (Å²) in [7, 11) is -4.92. The van der Waals surface area contributed by atoms with E-state index >= 15 is 0 Å². The maximum absolute atomic E-state index is 12.8. The summed E-state index contributed by atoms with van der Waals surface area (Å²) in [5.41, 5.74) is 0.490. The van der Waals surface area contributed by atoms with Crippen molar-refractivity contribution >= 4 is 31.6 Å². The Labute approximate surface area is 172 Å². The van der Waals surface area contributed by atoms with E-state index in [1.807, 2.05) is 7.05 Å². The monoisotopic (exact) mass is 444 g/mol. The van der Waals surface area contributed by atoms with E-state index < -0.39 is 26.0 Å². The molecule has 29 heavy (non-hydrogen) atoms. The number of piperidine rings is 1. The van der Waals surface area contributed by atoms with E-state index in [1.165, 1.54) is 20.7 Å². The van der Waals surface area contributed by atoms with Gasteiger partial charge in [0, 0.05) is 45.0 Å². The van der Waals surface area contributed by atoms with E-state index in [2.05, 4.69) is 10.2 Å². The van der Waals surface area contributed by atoms with Crippen LogP contribution in [0.15, 0.2) is 29.2 Å². The summed E-state index contributed by atoms with van der Waals surface area (Å²) in [6.45, 7) is 2.90. The summed E-state index contributed by atoms with van der Waals surface area (Å²) in [6, 6.07) is 6.12. The van der Waals surface area contributed by atoms with Crippen molar-refractivity contribution in [3.8, 4) is 0 Å². The van der Waals surface area contributed by atoms with Gasteiger partial charge < -0.3 is 10.2 Å². The Bertz CT molecular complexity index is 939. The molecule has 0 aromatic heterocycles. The van der Waals surface area contributed by atoms with Crippen LogP contribution in [0.25, 0.3) is 0 Å².